The quantitative estimate of drug-likeness (QED) is 0.644. The minimum atomic E-state index is -0.241. The molecule has 0 bridgehead atoms. The zero-order valence-electron chi connectivity index (χ0n) is 17.5. The zero-order chi connectivity index (χ0) is 21.8. The Morgan fingerprint density at radius 3 is 2.61 bits per heavy atom. The summed E-state index contributed by atoms with van der Waals surface area (Å²) in [5.41, 5.74) is 2.08. The Balaban J connectivity index is 1.33. The molecule has 1 aliphatic rings. The molecule has 158 valence electrons. The van der Waals surface area contributed by atoms with Crippen LogP contribution in [0.4, 0.5) is 5.82 Å². The Hall–Kier alpha value is -3.44. The number of piperidine rings is 1. The van der Waals surface area contributed by atoms with Gasteiger partial charge in [0, 0.05) is 49.0 Å². The van der Waals surface area contributed by atoms with E-state index in [-0.39, 0.29) is 17.7 Å². The summed E-state index contributed by atoms with van der Waals surface area (Å²) in [5, 5.41) is 9.81. The first kappa shape index (κ1) is 20.8. The third kappa shape index (κ3) is 5.01. The maximum Gasteiger partial charge on any atom is 0.298 e. The number of hydrogen-bond donors (Lipinski definition) is 1. The molecule has 7 nitrogen and oxygen atoms in total. The highest BCUT2D eigenvalue weighted by molar-refractivity contribution is 7.10. The van der Waals surface area contributed by atoms with Crippen LogP contribution in [0.5, 0.6) is 0 Å². The second-order valence-corrected chi connectivity index (χ2v) is 8.39. The minimum absolute atomic E-state index is 0.145. The standard InChI is InChI=1S/C23H23N5O2S/c1-16-14-20(27(2)26-16)25-22(30)19-15-31-23(24-19)18-10-12-28(13-11-18)21(29)9-8-17-6-4-3-5-7-17/h3-7,14-15,18H,10-13H2,1-2H3,(H,25,30). The normalized spacial score (nSPS) is 14.1. The molecule has 0 spiro atoms. The van der Waals surface area contributed by atoms with Crippen molar-refractivity contribution in [3.63, 3.8) is 0 Å². The molecule has 1 aliphatic heterocycles. The monoisotopic (exact) mass is 433 g/mol. The summed E-state index contributed by atoms with van der Waals surface area (Å²) in [7, 11) is 1.79. The van der Waals surface area contributed by atoms with Crippen molar-refractivity contribution in [3.8, 4) is 11.8 Å². The summed E-state index contributed by atoms with van der Waals surface area (Å²) in [4.78, 5) is 31.3. The maximum absolute atomic E-state index is 12.5. The van der Waals surface area contributed by atoms with Crippen molar-refractivity contribution in [2.24, 2.45) is 7.05 Å². The molecular weight excluding hydrogens is 410 g/mol. The SMILES string of the molecule is Cc1cc(NC(=O)c2csc(C3CCN(C(=O)C#Cc4ccccc4)CC3)n2)n(C)n1. The van der Waals surface area contributed by atoms with E-state index in [1.807, 2.05) is 43.3 Å². The van der Waals surface area contributed by atoms with Crippen LogP contribution < -0.4 is 5.32 Å². The molecule has 4 rings (SSSR count). The molecule has 1 fully saturated rings. The lowest BCUT2D eigenvalue weighted by molar-refractivity contribution is -0.126. The highest BCUT2D eigenvalue weighted by atomic mass is 32.1. The average Bonchev–Trinajstić information content (AvgIpc) is 3.39. The largest absolute Gasteiger partial charge is 0.332 e. The third-order valence-corrected chi connectivity index (χ3v) is 6.22. The molecule has 1 N–H and O–H groups in total. The molecule has 3 aromatic rings. The Labute approximate surface area is 185 Å². The molecule has 31 heavy (non-hydrogen) atoms. The smallest absolute Gasteiger partial charge is 0.298 e. The molecule has 3 heterocycles. The minimum Gasteiger partial charge on any atom is -0.332 e. The summed E-state index contributed by atoms with van der Waals surface area (Å²) in [6.45, 7) is 3.16. The number of anilines is 1. The third-order valence-electron chi connectivity index (χ3n) is 5.22. The predicted octanol–water partition coefficient (Wildman–Crippen LogP) is 3.20. The number of benzene rings is 1. The van der Waals surface area contributed by atoms with Crippen LogP contribution in [0.3, 0.4) is 0 Å². The van der Waals surface area contributed by atoms with Crippen LogP contribution in [0.25, 0.3) is 0 Å². The van der Waals surface area contributed by atoms with Gasteiger partial charge in [-0.05, 0) is 31.9 Å². The number of aryl methyl sites for hydroxylation is 2. The summed E-state index contributed by atoms with van der Waals surface area (Å²) in [5.74, 6) is 6.16. The lowest BCUT2D eigenvalue weighted by Crippen LogP contribution is -2.37. The van der Waals surface area contributed by atoms with Gasteiger partial charge in [0.1, 0.15) is 11.5 Å². The summed E-state index contributed by atoms with van der Waals surface area (Å²) >= 11 is 1.50. The van der Waals surface area contributed by atoms with Crippen molar-refractivity contribution in [2.45, 2.75) is 25.7 Å². The number of rotatable bonds is 3. The van der Waals surface area contributed by atoms with E-state index < -0.39 is 0 Å². The van der Waals surface area contributed by atoms with Crippen molar-refractivity contribution in [2.75, 3.05) is 18.4 Å². The van der Waals surface area contributed by atoms with Crippen molar-refractivity contribution < 1.29 is 9.59 Å². The fourth-order valence-electron chi connectivity index (χ4n) is 3.54. The van der Waals surface area contributed by atoms with Crippen LogP contribution in [0.2, 0.25) is 0 Å². The van der Waals surface area contributed by atoms with Crippen LogP contribution in [0.15, 0.2) is 41.8 Å². The van der Waals surface area contributed by atoms with E-state index in [0.29, 0.717) is 24.6 Å². The lowest BCUT2D eigenvalue weighted by Gasteiger charge is -2.29. The molecular formula is C23H23N5O2S. The number of carbonyl (C=O) groups excluding carboxylic acids is 2. The van der Waals surface area contributed by atoms with E-state index in [9.17, 15) is 9.59 Å². The molecule has 2 amide bonds. The maximum atomic E-state index is 12.5. The van der Waals surface area contributed by atoms with Gasteiger partial charge in [-0.2, -0.15) is 5.10 Å². The van der Waals surface area contributed by atoms with Crippen LogP contribution in [0, 0.1) is 18.8 Å². The van der Waals surface area contributed by atoms with Gasteiger partial charge in [-0.1, -0.05) is 24.1 Å². The lowest BCUT2D eigenvalue weighted by atomic mass is 9.97. The van der Waals surface area contributed by atoms with Crippen LogP contribution in [-0.4, -0.2) is 44.6 Å². The van der Waals surface area contributed by atoms with E-state index in [1.165, 1.54) is 11.3 Å². The van der Waals surface area contributed by atoms with E-state index in [4.69, 9.17) is 0 Å². The number of amides is 2. The van der Waals surface area contributed by atoms with Gasteiger partial charge >= 0.3 is 0 Å². The fraction of sp³-hybridized carbons (Fsp3) is 0.304. The highest BCUT2D eigenvalue weighted by Gasteiger charge is 2.26. The Morgan fingerprint density at radius 2 is 1.94 bits per heavy atom. The molecule has 2 aromatic heterocycles. The van der Waals surface area contributed by atoms with E-state index in [2.05, 4.69) is 27.2 Å². The van der Waals surface area contributed by atoms with Crippen molar-refractivity contribution in [3.05, 3.63) is 63.7 Å². The summed E-state index contributed by atoms with van der Waals surface area (Å²) < 4.78 is 1.63. The first-order valence-corrected chi connectivity index (χ1v) is 11.0. The Bertz CT molecular complexity index is 1150. The summed E-state index contributed by atoms with van der Waals surface area (Å²) in [6.07, 6.45) is 1.63. The Kier molecular flexibility index (Phi) is 6.14. The molecule has 0 aliphatic carbocycles. The number of hydrogen-bond acceptors (Lipinski definition) is 5. The van der Waals surface area contributed by atoms with Gasteiger partial charge in [0.15, 0.2) is 0 Å². The highest BCUT2D eigenvalue weighted by Crippen LogP contribution is 2.30. The van der Waals surface area contributed by atoms with E-state index in [0.717, 1.165) is 29.1 Å². The van der Waals surface area contributed by atoms with Crippen LogP contribution >= 0.6 is 11.3 Å². The number of likely N-dealkylation sites (tertiary alicyclic amines) is 1. The number of nitrogens with zero attached hydrogens (tertiary/aromatic N) is 4. The van der Waals surface area contributed by atoms with E-state index in [1.54, 1.807) is 22.0 Å². The molecule has 1 saturated heterocycles. The molecule has 8 heteroatoms. The second kappa shape index (κ2) is 9.14. The van der Waals surface area contributed by atoms with Crippen molar-refractivity contribution in [1.29, 1.82) is 0 Å². The van der Waals surface area contributed by atoms with Gasteiger partial charge in [0.05, 0.1) is 10.7 Å². The van der Waals surface area contributed by atoms with Crippen LogP contribution in [-0.2, 0) is 11.8 Å². The number of aromatic nitrogens is 3. The van der Waals surface area contributed by atoms with Gasteiger partial charge in [0.25, 0.3) is 11.8 Å². The van der Waals surface area contributed by atoms with Gasteiger partial charge in [-0.25, -0.2) is 4.98 Å². The molecule has 0 atom stereocenters. The second-order valence-electron chi connectivity index (χ2n) is 7.50. The molecule has 1 aromatic carbocycles. The summed E-state index contributed by atoms with van der Waals surface area (Å²) in [6, 6.07) is 11.3. The van der Waals surface area contributed by atoms with E-state index >= 15 is 0 Å². The number of thiazole rings is 1. The Morgan fingerprint density at radius 1 is 1.19 bits per heavy atom. The fourth-order valence-corrected chi connectivity index (χ4v) is 4.51. The molecule has 0 saturated carbocycles. The first-order chi connectivity index (χ1) is 15.0. The van der Waals surface area contributed by atoms with Gasteiger partial charge in [-0.3, -0.25) is 14.3 Å². The number of carbonyl (C=O) groups is 2. The van der Waals surface area contributed by atoms with Gasteiger partial charge in [0.2, 0.25) is 0 Å². The first-order valence-electron chi connectivity index (χ1n) is 10.1. The zero-order valence-corrected chi connectivity index (χ0v) is 18.3. The van der Waals surface area contributed by atoms with Gasteiger partial charge in [-0.15, -0.1) is 11.3 Å². The molecule has 0 unspecified atom stereocenters. The average molecular weight is 434 g/mol. The van der Waals surface area contributed by atoms with Crippen LogP contribution in [0.1, 0.15) is 45.5 Å². The molecule has 0 radical (unpaired) electrons. The number of nitrogens with one attached hydrogen (secondary N) is 1. The van der Waals surface area contributed by atoms with Crippen molar-refractivity contribution >= 4 is 29.0 Å². The predicted molar refractivity (Wildman–Crippen MR) is 120 cm³/mol. The van der Waals surface area contributed by atoms with Gasteiger partial charge < -0.3 is 10.2 Å². The van der Waals surface area contributed by atoms with Crippen molar-refractivity contribution in [1.82, 2.24) is 19.7 Å². The topological polar surface area (TPSA) is 80.1 Å².